The first-order valence-electron chi connectivity index (χ1n) is 7.16. The maximum Gasteiger partial charge on any atom is 0.221 e. The van der Waals surface area contributed by atoms with E-state index in [0.29, 0.717) is 18.5 Å². The normalized spacial score (nSPS) is 39.5. The molecule has 2 aliphatic rings. The minimum absolute atomic E-state index is 0.219. The third kappa shape index (κ3) is 3.98. The SMILES string of the molecule is CC1CC(C)CC(NC2CCCNC(=O)C2)C1. The molecule has 1 saturated heterocycles. The van der Waals surface area contributed by atoms with E-state index in [4.69, 9.17) is 0 Å². The molecule has 1 aliphatic carbocycles. The van der Waals surface area contributed by atoms with E-state index in [1.165, 1.54) is 19.3 Å². The molecular formula is C14H26N2O. The number of amides is 1. The summed E-state index contributed by atoms with van der Waals surface area (Å²) in [6, 6.07) is 1.03. The summed E-state index contributed by atoms with van der Waals surface area (Å²) in [6.45, 7) is 5.56. The summed E-state index contributed by atoms with van der Waals surface area (Å²) in [5.41, 5.74) is 0. The van der Waals surface area contributed by atoms with Crippen LogP contribution in [-0.4, -0.2) is 24.5 Å². The second-order valence-electron chi connectivity index (χ2n) is 6.17. The Hall–Kier alpha value is -0.570. The van der Waals surface area contributed by atoms with E-state index in [-0.39, 0.29) is 5.91 Å². The lowest BCUT2D eigenvalue weighted by molar-refractivity contribution is -0.121. The third-order valence-corrected chi connectivity index (χ3v) is 4.13. The van der Waals surface area contributed by atoms with E-state index < -0.39 is 0 Å². The average molecular weight is 238 g/mol. The van der Waals surface area contributed by atoms with Gasteiger partial charge in [-0.05, 0) is 43.9 Å². The molecule has 0 aromatic rings. The molecule has 17 heavy (non-hydrogen) atoms. The molecule has 1 saturated carbocycles. The summed E-state index contributed by atoms with van der Waals surface area (Å²) in [5.74, 6) is 1.88. The summed E-state index contributed by atoms with van der Waals surface area (Å²) in [6.07, 6.45) is 6.84. The molecule has 0 radical (unpaired) electrons. The molecule has 3 nitrogen and oxygen atoms in total. The van der Waals surface area contributed by atoms with E-state index in [1.54, 1.807) is 0 Å². The van der Waals surface area contributed by atoms with Crippen LogP contribution in [0, 0.1) is 11.8 Å². The van der Waals surface area contributed by atoms with Gasteiger partial charge in [-0.1, -0.05) is 13.8 Å². The number of carbonyl (C=O) groups excluding carboxylic acids is 1. The number of hydrogen-bond acceptors (Lipinski definition) is 2. The van der Waals surface area contributed by atoms with Crippen LogP contribution < -0.4 is 10.6 Å². The second-order valence-corrected chi connectivity index (χ2v) is 6.17. The Bertz CT molecular complexity index is 257. The molecule has 2 fully saturated rings. The maximum atomic E-state index is 11.5. The highest BCUT2D eigenvalue weighted by Crippen LogP contribution is 2.29. The lowest BCUT2D eigenvalue weighted by Gasteiger charge is -2.34. The molecule has 0 aromatic carbocycles. The summed E-state index contributed by atoms with van der Waals surface area (Å²) in [4.78, 5) is 11.5. The average Bonchev–Trinajstić information content (AvgIpc) is 2.41. The molecule has 0 aromatic heterocycles. The standard InChI is InChI=1S/C14H26N2O/c1-10-6-11(2)8-13(7-10)16-12-4-3-5-15-14(17)9-12/h10-13,16H,3-9H2,1-2H3,(H,15,17). The summed E-state index contributed by atoms with van der Waals surface area (Å²) >= 11 is 0. The van der Waals surface area contributed by atoms with Gasteiger partial charge in [0.1, 0.15) is 0 Å². The van der Waals surface area contributed by atoms with Crippen LogP contribution in [0.1, 0.15) is 52.4 Å². The minimum atomic E-state index is 0.219. The molecule has 3 atom stereocenters. The fourth-order valence-corrected chi connectivity index (χ4v) is 3.53. The Kier molecular flexibility index (Phi) is 4.43. The number of hydrogen-bond donors (Lipinski definition) is 2. The van der Waals surface area contributed by atoms with E-state index in [0.717, 1.165) is 31.2 Å². The molecule has 1 amide bonds. The van der Waals surface area contributed by atoms with Crippen LogP contribution in [0.15, 0.2) is 0 Å². The highest BCUT2D eigenvalue weighted by Gasteiger charge is 2.26. The van der Waals surface area contributed by atoms with Crippen molar-refractivity contribution in [2.24, 2.45) is 11.8 Å². The van der Waals surface area contributed by atoms with Crippen LogP contribution >= 0.6 is 0 Å². The Labute approximate surface area is 105 Å². The summed E-state index contributed by atoms with van der Waals surface area (Å²) in [5, 5.41) is 6.68. The zero-order valence-electron chi connectivity index (χ0n) is 11.2. The van der Waals surface area contributed by atoms with Crippen molar-refractivity contribution in [2.45, 2.75) is 64.5 Å². The largest absolute Gasteiger partial charge is 0.356 e. The lowest BCUT2D eigenvalue weighted by Crippen LogP contribution is -2.43. The molecule has 3 heteroatoms. The van der Waals surface area contributed by atoms with Crippen LogP contribution in [0.2, 0.25) is 0 Å². The highest BCUT2D eigenvalue weighted by atomic mass is 16.1. The van der Waals surface area contributed by atoms with Gasteiger partial charge in [0.05, 0.1) is 0 Å². The zero-order valence-corrected chi connectivity index (χ0v) is 11.2. The van der Waals surface area contributed by atoms with Gasteiger partial charge in [-0.2, -0.15) is 0 Å². The number of nitrogens with one attached hydrogen (secondary N) is 2. The fraction of sp³-hybridized carbons (Fsp3) is 0.929. The van der Waals surface area contributed by atoms with Crippen molar-refractivity contribution in [3.63, 3.8) is 0 Å². The molecule has 98 valence electrons. The van der Waals surface area contributed by atoms with E-state index in [9.17, 15) is 4.79 Å². The summed E-state index contributed by atoms with van der Waals surface area (Å²) in [7, 11) is 0. The van der Waals surface area contributed by atoms with Gasteiger partial charge in [0.15, 0.2) is 0 Å². The Balaban J connectivity index is 1.84. The molecule has 1 aliphatic heterocycles. The van der Waals surface area contributed by atoms with Gasteiger partial charge in [0.2, 0.25) is 5.91 Å². The topological polar surface area (TPSA) is 41.1 Å². The summed E-state index contributed by atoms with van der Waals surface area (Å²) < 4.78 is 0. The zero-order chi connectivity index (χ0) is 12.3. The van der Waals surface area contributed by atoms with Crippen molar-refractivity contribution in [3.8, 4) is 0 Å². The lowest BCUT2D eigenvalue weighted by atomic mass is 9.80. The molecule has 2 rings (SSSR count). The van der Waals surface area contributed by atoms with Gasteiger partial charge >= 0.3 is 0 Å². The van der Waals surface area contributed by atoms with Crippen molar-refractivity contribution in [3.05, 3.63) is 0 Å². The monoisotopic (exact) mass is 238 g/mol. The molecule has 2 N–H and O–H groups in total. The first kappa shape index (κ1) is 12.9. The Morgan fingerprint density at radius 1 is 1.12 bits per heavy atom. The van der Waals surface area contributed by atoms with Crippen LogP contribution in [-0.2, 0) is 4.79 Å². The fourth-order valence-electron chi connectivity index (χ4n) is 3.53. The minimum Gasteiger partial charge on any atom is -0.356 e. The van der Waals surface area contributed by atoms with Gasteiger partial charge in [0.25, 0.3) is 0 Å². The van der Waals surface area contributed by atoms with Crippen LogP contribution in [0.5, 0.6) is 0 Å². The van der Waals surface area contributed by atoms with Crippen molar-refractivity contribution >= 4 is 5.91 Å². The van der Waals surface area contributed by atoms with Gasteiger partial charge in [0, 0.05) is 25.0 Å². The Morgan fingerprint density at radius 3 is 2.53 bits per heavy atom. The third-order valence-electron chi connectivity index (χ3n) is 4.13. The quantitative estimate of drug-likeness (QED) is 0.773. The van der Waals surface area contributed by atoms with Gasteiger partial charge in [-0.3, -0.25) is 4.79 Å². The maximum absolute atomic E-state index is 11.5. The van der Waals surface area contributed by atoms with Crippen molar-refractivity contribution in [2.75, 3.05) is 6.54 Å². The molecule has 0 spiro atoms. The molecule has 1 heterocycles. The van der Waals surface area contributed by atoms with Crippen molar-refractivity contribution in [1.82, 2.24) is 10.6 Å². The van der Waals surface area contributed by atoms with E-state index in [1.807, 2.05) is 0 Å². The van der Waals surface area contributed by atoms with Gasteiger partial charge in [-0.15, -0.1) is 0 Å². The van der Waals surface area contributed by atoms with Crippen molar-refractivity contribution in [1.29, 1.82) is 0 Å². The van der Waals surface area contributed by atoms with E-state index >= 15 is 0 Å². The number of rotatable bonds is 2. The number of carbonyl (C=O) groups is 1. The molecule has 0 bridgehead atoms. The van der Waals surface area contributed by atoms with Crippen LogP contribution in [0.3, 0.4) is 0 Å². The molecule has 3 unspecified atom stereocenters. The molecular weight excluding hydrogens is 212 g/mol. The predicted octanol–water partition coefficient (Wildman–Crippen LogP) is 2.07. The first-order valence-corrected chi connectivity index (χ1v) is 7.16. The van der Waals surface area contributed by atoms with E-state index in [2.05, 4.69) is 24.5 Å². The second kappa shape index (κ2) is 5.85. The first-order chi connectivity index (χ1) is 8.13. The Morgan fingerprint density at radius 2 is 1.82 bits per heavy atom. The predicted molar refractivity (Wildman–Crippen MR) is 69.8 cm³/mol. The van der Waals surface area contributed by atoms with Crippen LogP contribution in [0.4, 0.5) is 0 Å². The van der Waals surface area contributed by atoms with Gasteiger partial charge < -0.3 is 10.6 Å². The highest BCUT2D eigenvalue weighted by molar-refractivity contribution is 5.76. The van der Waals surface area contributed by atoms with Gasteiger partial charge in [-0.25, -0.2) is 0 Å². The van der Waals surface area contributed by atoms with Crippen molar-refractivity contribution < 1.29 is 4.79 Å². The smallest absolute Gasteiger partial charge is 0.221 e. The van der Waals surface area contributed by atoms with Crippen LogP contribution in [0.25, 0.3) is 0 Å².